The molecule has 3 aromatic carbocycles. The largest absolute Gasteiger partial charge is 0.459 e. The van der Waals surface area contributed by atoms with Crippen LogP contribution >= 0.6 is 0 Å². The zero-order chi connectivity index (χ0) is 29.6. The van der Waals surface area contributed by atoms with Gasteiger partial charge in [-0.05, 0) is 43.3 Å². The molecular formula is C31H26N2O9. The summed E-state index contributed by atoms with van der Waals surface area (Å²) in [7, 11) is 0. The zero-order valence-electron chi connectivity index (χ0n) is 22.4. The molecular weight excluding hydrogens is 544 g/mol. The molecule has 1 N–H and O–H groups in total. The fourth-order valence-corrected chi connectivity index (χ4v) is 4.60. The molecule has 2 aliphatic rings. The minimum absolute atomic E-state index is 0.0486. The van der Waals surface area contributed by atoms with Crippen LogP contribution in [0.5, 0.6) is 0 Å². The van der Waals surface area contributed by atoms with E-state index in [1.807, 2.05) is 0 Å². The van der Waals surface area contributed by atoms with E-state index in [9.17, 15) is 24.0 Å². The third-order valence-electron chi connectivity index (χ3n) is 6.73. The van der Waals surface area contributed by atoms with Gasteiger partial charge in [-0.15, -0.1) is 0 Å². The summed E-state index contributed by atoms with van der Waals surface area (Å²) in [6.45, 7) is 0.954. The van der Waals surface area contributed by atoms with Gasteiger partial charge in [-0.3, -0.25) is 9.59 Å². The van der Waals surface area contributed by atoms with Gasteiger partial charge in [0.25, 0.3) is 11.8 Å². The number of amides is 2. The summed E-state index contributed by atoms with van der Waals surface area (Å²) < 4.78 is 23.2. The van der Waals surface area contributed by atoms with Gasteiger partial charge in [-0.2, -0.15) is 0 Å². The number of aliphatic imine (C=N–C) groups is 1. The minimum Gasteiger partial charge on any atom is -0.459 e. The van der Waals surface area contributed by atoms with Crippen LogP contribution in [0.3, 0.4) is 0 Å². The number of ether oxygens (including phenoxy) is 4. The zero-order valence-corrected chi connectivity index (χ0v) is 22.4. The number of hydrogen-bond donors (Lipinski definition) is 1. The van der Waals surface area contributed by atoms with Gasteiger partial charge in [0, 0.05) is 0 Å². The van der Waals surface area contributed by atoms with Crippen molar-refractivity contribution in [2.75, 3.05) is 6.61 Å². The molecule has 3 aromatic rings. The van der Waals surface area contributed by atoms with Crippen LogP contribution in [0, 0.1) is 0 Å². The standard InChI is InChI=1S/C31H26N2O9/c1-18-27(34)33-23(28(35)32-18)25-26(42-31(38)21-15-9-4-10-16-21)24(41-30(37)20-13-7-3-8-14-20)22(40-25)17-39-29(36)19-11-5-2-6-12-19/h2-16,22-26H,17H2,1H3,(H,33,34)/t22-,23-,24+,25+,26+/m0/s1. The van der Waals surface area contributed by atoms with E-state index in [0.717, 1.165) is 0 Å². The second kappa shape index (κ2) is 12.6. The number of esters is 3. The molecule has 214 valence electrons. The summed E-state index contributed by atoms with van der Waals surface area (Å²) in [6.07, 6.45) is -5.25. The summed E-state index contributed by atoms with van der Waals surface area (Å²) in [5.74, 6) is -3.58. The number of nitrogens with one attached hydrogen (secondary N) is 1. The van der Waals surface area contributed by atoms with E-state index >= 15 is 0 Å². The van der Waals surface area contributed by atoms with Gasteiger partial charge in [-0.1, -0.05) is 54.6 Å². The van der Waals surface area contributed by atoms with Gasteiger partial charge in [0.1, 0.15) is 30.6 Å². The van der Waals surface area contributed by atoms with Gasteiger partial charge in [0.15, 0.2) is 12.2 Å². The maximum Gasteiger partial charge on any atom is 0.338 e. The quantitative estimate of drug-likeness (QED) is 0.319. The van der Waals surface area contributed by atoms with Crippen LogP contribution in [0.4, 0.5) is 0 Å². The van der Waals surface area contributed by atoms with Crippen molar-refractivity contribution in [3.8, 4) is 0 Å². The highest BCUT2D eigenvalue weighted by molar-refractivity contribution is 6.41. The van der Waals surface area contributed by atoms with Crippen LogP contribution < -0.4 is 5.32 Å². The van der Waals surface area contributed by atoms with Crippen LogP contribution in [0.2, 0.25) is 0 Å². The Morgan fingerprint density at radius 2 is 1.21 bits per heavy atom. The highest BCUT2D eigenvalue weighted by atomic mass is 16.7. The molecule has 0 radical (unpaired) electrons. The average molecular weight is 571 g/mol. The lowest BCUT2D eigenvalue weighted by Crippen LogP contribution is -2.57. The first-order valence-electron chi connectivity index (χ1n) is 13.1. The van der Waals surface area contributed by atoms with Crippen LogP contribution in [-0.4, -0.2) is 72.5 Å². The first-order chi connectivity index (χ1) is 20.3. The third kappa shape index (κ3) is 6.26. The molecule has 0 unspecified atom stereocenters. The number of nitrogens with zero attached hydrogens (tertiary/aromatic N) is 1. The van der Waals surface area contributed by atoms with Crippen molar-refractivity contribution in [2.45, 2.75) is 37.4 Å². The van der Waals surface area contributed by atoms with Crippen molar-refractivity contribution in [2.24, 2.45) is 4.99 Å². The lowest BCUT2D eigenvalue weighted by molar-refractivity contribution is -0.132. The summed E-state index contributed by atoms with van der Waals surface area (Å²) in [6, 6.07) is 23.0. The molecule has 0 spiro atoms. The van der Waals surface area contributed by atoms with Crippen molar-refractivity contribution in [1.82, 2.24) is 5.32 Å². The maximum absolute atomic E-state index is 13.2. The molecule has 1 fully saturated rings. The van der Waals surface area contributed by atoms with Crippen molar-refractivity contribution >= 4 is 35.4 Å². The highest BCUT2D eigenvalue weighted by Gasteiger charge is 2.55. The summed E-state index contributed by atoms with van der Waals surface area (Å²) in [4.78, 5) is 68.2. The van der Waals surface area contributed by atoms with E-state index in [-0.39, 0.29) is 22.4 Å². The van der Waals surface area contributed by atoms with E-state index in [1.54, 1.807) is 66.7 Å². The lowest BCUT2D eigenvalue weighted by Gasteiger charge is -2.29. The van der Waals surface area contributed by atoms with E-state index in [4.69, 9.17) is 18.9 Å². The number of carbonyl (C=O) groups excluding carboxylic acids is 5. The van der Waals surface area contributed by atoms with Crippen molar-refractivity contribution in [3.05, 3.63) is 108 Å². The minimum atomic E-state index is -1.39. The Bertz CT molecular complexity index is 1510. The normalized spacial score (nSPS) is 23.4. The molecule has 0 aromatic heterocycles. The predicted octanol–water partition coefficient (Wildman–Crippen LogP) is 2.55. The summed E-state index contributed by atoms with van der Waals surface area (Å²) in [5.41, 5.74) is 0.622. The summed E-state index contributed by atoms with van der Waals surface area (Å²) in [5, 5.41) is 2.53. The van der Waals surface area contributed by atoms with Crippen LogP contribution in [-0.2, 0) is 28.5 Å². The van der Waals surface area contributed by atoms with E-state index in [1.165, 1.54) is 31.2 Å². The second-order valence-electron chi connectivity index (χ2n) is 9.56. The Morgan fingerprint density at radius 1 is 0.738 bits per heavy atom. The molecule has 2 amide bonds. The predicted molar refractivity (Wildman–Crippen MR) is 147 cm³/mol. The molecule has 42 heavy (non-hydrogen) atoms. The van der Waals surface area contributed by atoms with Crippen LogP contribution in [0.15, 0.2) is 96.0 Å². The van der Waals surface area contributed by atoms with Gasteiger partial charge in [0.05, 0.1) is 16.7 Å². The molecule has 2 heterocycles. The first-order valence-corrected chi connectivity index (χ1v) is 13.1. The molecule has 0 bridgehead atoms. The van der Waals surface area contributed by atoms with Gasteiger partial charge in [-0.25, -0.2) is 19.4 Å². The molecule has 5 atom stereocenters. The monoisotopic (exact) mass is 570 g/mol. The maximum atomic E-state index is 13.2. The van der Waals surface area contributed by atoms with E-state index < -0.39 is 66.8 Å². The van der Waals surface area contributed by atoms with Gasteiger partial charge >= 0.3 is 17.9 Å². The average Bonchev–Trinajstić information content (AvgIpc) is 3.34. The van der Waals surface area contributed by atoms with E-state index in [0.29, 0.717) is 0 Å². The number of hydrogen-bond acceptors (Lipinski definition) is 9. The van der Waals surface area contributed by atoms with Crippen molar-refractivity contribution < 1.29 is 42.9 Å². The smallest absolute Gasteiger partial charge is 0.338 e. The Hall–Kier alpha value is -5.16. The van der Waals surface area contributed by atoms with Crippen molar-refractivity contribution in [1.29, 1.82) is 0 Å². The molecule has 11 heteroatoms. The molecule has 0 saturated carbocycles. The summed E-state index contributed by atoms with van der Waals surface area (Å²) >= 11 is 0. The van der Waals surface area contributed by atoms with E-state index in [2.05, 4.69) is 10.3 Å². The van der Waals surface area contributed by atoms with Gasteiger partial charge in [0.2, 0.25) is 0 Å². The Kier molecular flexibility index (Phi) is 8.49. The lowest BCUT2D eigenvalue weighted by atomic mass is 9.99. The van der Waals surface area contributed by atoms with Crippen LogP contribution in [0.25, 0.3) is 0 Å². The molecule has 11 nitrogen and oxygen atoms in total. The SMILES string of the molecule is CC1=NC(=O)[C@H]([C@H]2O[C@@H](COC(=O)c3ccccc3)[C@@H](OC(=O)c3ccccc3)[C@H]2OC(=O)c2ccccc2)NC1=O. The molecule has 2 aliphatic heterocycles. The topological polar surface area (TPSA) is 147 Å². The Labute approximate surface area is 240 Å². The molecule has 0 aliphatic carbocycles. The second-order valence-corrected chi connectivity index (χ2v) is 9.56. The number of rotatable bonds is 8. The molecule has 5 rings (SSSR count). The first kappa shape index (κ1) is 28.4. The fourth-order valence-electron chi connectivity index (χ4n) is 4.60. The Morgan fingerprint density at radius 3 is 1.74 bits per heavy atom. The van der Waals surface area contributed by atoms with Gasteiger partial charge < -0.3 is 24.3 Å². The highest BCUT2D eigenvalue weighted by Crippen LogP contribution is 2.32. The number of carbonyl (C=O) groups is 5. The van der Waals surface area contributed by atoms with Crippen LogP contribution in [0.1, 0.15) is 38.0 Å². The third-order valence-corrected chi connectivity index (χ3v) is 6.73. The van der Waals surface area contributed by atoms with Crippen molar-refractivity contribution in [3.63, 3.8) is 0 Å². The number of benzene rings is 3. The Balaban J connectivity index is 1.48. The fraction of sp³-hybridized carbons (Fsp3) is 0.226. The molecule has 1 saturated heterocycles.